The number of aliphatic hydroxyl groups excluding tert-OH is 4. The molecule has 1 saturated heterocycles. The van der Waals surface area contributed by atoms with Gasteiger partial charge in [0.1, 0.15) is 35.9 Å². The highest BCUT2D eigenvalue weighted by Gasteiger charge is 2.44. The van der Waals surface area contributed by atoms with Crippen molar-refractivity contribution >= 4 is 23.1 Å². The van der Waals surface area contributed by atoms with Crippen molar-refractivity contribution in [1.29, 1.82) is 0 Å². The first-order chi connectivity index (χ1) is 24.0. The average molecular weight is 719 g/mol. The molecule has 1 amide bonds. The molecule has 0 radical (unpaired) electrons. The SMILES string of the molecule is CC(C)(C)NC(Cc1ccc(O)c(/N=N/c2ccc(C(=O)NCCOCCOCCO[C@H]3OC(CO)[C@@H](O)C(O)C3O)cc2)c1)C(=O)C(C)(C)C. The van der Waals surface area contributed by atoms with Crippen molar-refractivity contribution in [3.63, 3.8) is 0 Å². The number of ketones is 1. The van der Waals surface area contributed by atoms with E-state index >= 15 is 0 Å². The number of phenols is 1. The van der Waals surface area contributed by atoms with Crippen molar-refractivity contribution in [2.75, 3.05) is 46.2 Å². The number of ether oxygens (including phenoxy) is 4. The van der Waals surface area contributed by atoms with Gasteiger partial charge in [-0.15, -0.1) is 5.11 Å². The van der Waals surface area contributed by atoms with Crippen molar-refractivity contribution in [1.82, 2.24) is 10.6 Å². The van der Waals surface area contributed by atoms with E-state index in [2.05, 4.69) is 20.9 Å². The number of nitrogens with one attached hydrogen (secondary N) is 2. The zero-order valence-corrected chi connectivity index (χ0v) is 30.2. The number of nitrogens with zero attached hydrogens (tertiary/aromatic N) is 2. The quantitative estimate of drug-likeness (QED) is 0.0872. The van der Waals surface area contributed by atoms with Gasteiger partial charge >= 0.3 is 0 Å². The molecule has 1 aliphatic heterocycles. The Hall–Kier alpha value is -3.38. The molecule has 284 valence electrons. The van der Waals surface area contributed by atoms with Crippen LogP contribution in [0.15, 0.2) is 52.7 Å². The second-order valence-corrected chi connectivity index (χ2v) is 14.4. The third-order valence-corrected chi connectivity index (χ3v) is 7.81. The monoisotopic (exact) mass is 718 g/mol. The summed E-state index contributed by atoms with van der Waals surface area (Å²) < 4.78 is 21.5. The zero-order chi connectivity index (χ0) is 37.8. The number of carbonyl (C=O) groups is 2. The lowest BCUT2D eigenvalue weighted by Gasteiger charge is -2.39. The fraction of sp³-hybridized carbons (Fsp3) is 0.611. The maximum absolute atomic E-state index is 13.2. The summed E-state index contributed by atoms with van der Waals surface area (Å²) in [5.74, 6) is -0.248. The molecule has 4 unspecified atom stereocenters. The Bertz CT molecular complexity index is 1420. The first kappa shape index (κ1) is 42.0. The van der Waals surface area contributed by atoms with E-state index in [1.807, 2.05) is 41.5 Å². The highest BCUT2D eigenvalue weighted by Crippen LogP contribution is 2.31. The van der Waals surface area contributed by atoms with E-state index in [-0.39, 0.29) is 68.2 Å². The second-order valence-electron chi connectivity index (χ2n) is 14.4. The number of carbonyl (C=O) groups excluding carboxylic acids is 2. The number of aromatic hydroxyl groups is 1. The molecule has 0 saturated carbocycles. The van der Waals surface area contributed by atoms with E-state index in [1.54, 1.807) is 36.4 Å². The minimum Gasteiger partial charge on any atom is -0.506 e. The Kier molecular flexibility index (Phi) is 16.0. The standard InChI is InChI=1S/C36H54N4O11/c1-35(2,3)32(46)26(38-36(4,5)6)20-22-7-12-27(42)25(19-22)40-39-24-10-8-23(9-11-24)33(47)37-13-14-48-15-16-49-17-18-50-34-31(45)30(44)29(43)28(21-41)51-34/h7-12,19,26,28-31,34,38,41-45H,13-18,20-21H2,1-6H3,(H,37,47)/b40-39+/t26?,28?,29-,30?,31?,34+/m1/s1. The van der Waals surface area contributed by atoms with Crippen LogP contribution < -0.4 is 10.6 Å². The molecular weight excluding hydrogens is 664 g/mol. The first-order valence-corrected chi connectivity index (χ1v) is 17.0. The number of aliphatic hydroxyl groups is 4. The van der Waals surface area contributed by atoms with Crippen LogP contribution in [-0.4, -0.2) is 126 Å². The Morgan fingerprint density at radius 1 is 0.863 bits per heavy atom. The van der Waals surface area contributed by atoms with E-state index in [4.69, 9.17) is 18.9 Å². The Morgan fingerprint density at radius 2 is 1.51 bits per heavy atom. The third kappa shape index (κ3) is 13.6. The molecule has 7 N–H and O–H groups in total. The molecule has 0 aliphatic carbocycles. The van der Waals surface area contributed by atoms with Gasteiger partial charge in [0.05, 0.1) is 51.4 Å². The summed E-state index contributed by atoms with van der Waals surface area (Å²) in [5.41, 5.74) is 1.18. The Balaban J connectivity index is 1.38. The zero-order valence-electron chi connectivity index (χ0n) is 30.2. The van der Waals surface area contributed by atoms with Crippen LogP contribution in [0, 0.1) is 5.41 Å². The van der Waals surface area contributed by atoms with Gasteiger partial charge in [-0.3, -0.25) is 9.59 Å². The molecule has 0 bridgehead atoms. The van der Waals surface area contributed by atoms with E-state index in [0.29, 0.717) is 17.7 Å². The molecule has 3 rings (SSSR count). The number of hydrogen-bond donors (Lipinski definition) is 7. The lowest BCUT2D eigenvalue weighted by atomic mass is 9.83. The number of amides is 1. The van der Waals surface area contributed by atoms with Gasteiger partial charge in [0.25, 0.3) is 5.91 Å². The minimum atomic E-state index is -1.51. The van der Waals surface area contributed by atoms with Crippen LogP contribution >= 0.6 is 0 Å². The van der Waals surface area contributed by atoms with Crippen LogP contribution in [0.3, 0.4) is 0 Å². The maximum atomic E-state index is 13.2. The van der Waals surface area contributed by atoms with Gasteiger partial charge in [0, 0.05) is 23.1 Å². The summed E-state index contributed by atoms with van der Waals surface area (Å²) in [7, 11) is 0. The molecule has 0 spiro atoms. The van der Waals surface area contributed by atoms with Crippen LogP contribution in [0.5, 0.6) is 5.75 Å². The van der Waals surface area contributed by atoms with E-state index in [1.165, 1.54) is 6.07 Å². The van der Waals surface area contributed by atoms with Gasteiger partial charge in [-0.25, -0.2) is 0 Å². The summed E-state index contributed by atoms with van der Waals surface area (Å²) in [6.07, 6.45) is -6.26. The van der Waals surface area contributed by atoms with Crippen molar-refractivity contribution in [2.45, 2.75) is 90.2 Å². The highest BCUT2D eigenvalue weighted by atomic mass is 16.7. The van der Waals surface area contributed by atoms with Crippen LogP contribution in [0.25, 0.3) is 0 Å². The van der Waals surface area contributed by atoms with Crippen LogP contribution in [0.4, 0.5) is 11.4 Å². The average Bonchev–Trinajstić information content (AvgIpc) is 3.07. The highest BCUT2D eigenvalue weighted by molar-refractivity contribution is 5.94. The molecule has 51 heavy (non-hydrogen) atoms. The summed E-state index contributed by atoms with van der Waals surface area (Å²) in [6.45, 7) is 12.4. The van der Waals surface area contributed by atoms with Crippen LogP contribution in [0.1, 0.15) is 57.5 Å². The molecule has 2 aromatic carbocycles. The van der Waals surface area contributed by atoms with E-state index in [9.17, 15) is 35.1 Å². The number of hydrogen-bond acceptors (Lipinski definition) is 14. The van der Waals surface area contributed by atoms with Gasteiger partial charge in [-0.05, 0) is 69.2 Å². The molecule has 1 aliphatic rings. The molecule has 15 heteroatoms. The predicted molar refractivity (Wildman–Crippen MR) is 187 cm³/mol. The van der Waals surface area contributed by atoms with Gasteiger partial charge in [-0.2, -0.15) is 5.11 Å². The topological polar surface area (TPSA) is 221 Å². The normalized spacial score (nSPS) is 21.9. The molecule has 1 heterocycles. The van der Waals surface area contributed by atoms with Crippen LogP contribution in [-0.2, 0) is 30.2 Å². The molecule has 2 aromatic rings. The Labute approximate surface area is 299 Å². The fourth-order valence-electron chi connectivity index (χ4n) is 5.15. The van der Waals surface area contributed by atoms with Gasteiger partial charge < -0.3 is 55.1 Å². The minimum absolute atomic E-state index is 0.0335. The van der Waals surface area contributed by atoms with E-state index < -0.39 is 48.8 Å². The lowest BCUT2D eigenvalue weighted by Crippen LogP contribution is -2.59. The van der Waals surface area contributed by atoms with Crippen molar-refractivity contribution < 1.29 is 54.1 Å². The first-order valence-electron chi connectivity index (χ1n) is 17.0. The lowest BCUT2D eigenvalue weighted by molar-refractivity contribution is -0.302. The molecule has 6 atom stereocenters. The smallest absolute Gasteiger partial charge is 0.251 e. The Morgan fingerprint density at radius 3 is 2.14 bits per heavy atom. The molecule has 0 aromatic heterocycles. The fourth-order valence-corrected chi connectivity index (χ4v) is 5.15. The summed E-state index contributed by atoms with van der Waals surface area (Å²) in [4.78, 5) is 25.7. The molecule has 15 nitrogen and oxygen atoms in total. The van der Waals surface area contributed by atoms with E-state index in [0.717, 1.165) is 5.56 Å². The van der Waals surface area contributed by atoms with Crippen LogP contribution in [0.2, 0.25) is 0 Å². The third-order valence-electron chi connectivity index (χ3n) is 7.81. The van der Waals surface area contributed by atoms with Crippen molar-refractivity contribution in [2.24, 2.45) is 15.6 Å². The summed E-state index contributed by atoms with van der Waals surface area (Å²) in [6, 6.07) is 11.1. The maximum Gasteiger partial charge on any atom is 0.251 e. The van der Waals surface area contributed by atoms with Gasteiger partial charge in [0.15, 0.2) is 12.1 Å². The predicted octanol–water partition coefficient (Wildman–Crippen LogP) is 2.30. The summed E-state index contributed by atoms with van der Waals surface area (Å²) >= 11 is 0. The largest absolute Gasteiger partial charge is 0.506 e. The van der Waals surface area contributed by atoms with Crippen molar-refractivity contribution in [3.05, 3.63) is 53.6 Å². The van der Waals surface area contributed by atoms with Gasteiger partial charge in [0.2, 0.25) is 0 Å². The number of phenolic OH excluding ortho intramolecular Hbond substituents is 1. The number of Topliss-reactive ketones (excluding diaryl/α,β-unsaturated/α-hetero) is 1. The number of rotatable bonds is 18. The van der Waals surface area contributed by atoms with Gasteiger partial charge in [-0.1, -0.05) is 26.8 Å². The summed E-state index contributed by atoms with van der Waals surface area (Å²) in [5, 5.41) is 63.8. The number of azo groups is 1. The molecular formula is C36H54N4O11. The second kappa shape index (κ2) is 19.5. The number of benzene rings is 2. The van der Waals surface area contributed by atoms with Crippen molar-refractivity contribution in [3.8, 4) is 5.75 Å². The molecule has 1 fully saturated rings.